The predicted molar refractivity (Wildman–Crippen MR) is 118 cm³/mol. The van der Waals surface area contributed by atoms with E-state index < -0.39 is 11.8 Å². The fraction of sp³-hybridized carbons (Fsp3) is 0.0833. The van der Waals surface area contributed by atoms with Crippen molar-refractivity contribution in [3.05, 3.63) is 82.7 Å². The van der Waals surface area contributed by atoms with Crippen molar-refractivity contribution in [3.63, 3.8) is 0 Å². The fourth-order valence-corrected chi connectivity index (χ4v) is 2.68. The van der Waals surface area contributed by atoms with Gasteiger partial charge in [-0.1, -0.05) is 0 Å². The third kappa shape index (κ3) is 5.62. The zero-order valence-electron chi connectivity index (χ0n) is 17.3. The van der Waals surface area contributed by atoms with E-state index in [0.717, 1.165) is 0 Å². The van der Waals surface area contributed by atoms with Crippen LogP contribution in [0.15, 0.2) is 68.5 Å². The zero-order valence-corrected chi connectivity index (χ0v) is 17.3. The number of amides is 2. The molecule has 0 fully saturated rings. The monoisotopic (exact) mass is 426 g/mol. The molecular formula is C24H18N4O4. The molecule has 2 heterocycles. The number of rotatable bonds is 6. The van der Waals surface area contributed by atoms with Crippen molar-refractivity contribution in [2.45, 2.75) is 13.8 Å². The molecule has 8 nitrogen and oxygen atoms in total. The summed E-state index contributed by atoms with van der Waals surface area (Å²) in [6.45, 7) is 3.52. The van der Waals surface area contributed by atoms with E-state index in [0.29, 0.717) is 34.4 Å². The minimum atomic E-state index is -0.596. The largest absolute Gasteiger partial charge is 0.462 e. The number of aryl methyl sites for hydroxylation is 2. The molecule has 2 aromatic heterocycles. The van der Waals surface area contributed by atoms with Gasteiger partial charge in [0, 0.05) is 23.5 Å². The first-order valence-corrected chi connectivity index (χ1v) is 9.47. The molecule has 0 atom stereocenters. The van der Waals surface area contributed by atoms with Crippen LogP contribution in [0.1, 0.15) is 23.0 Å². The van der Waals surface area contributed by atoms with Gasteiger partial charge in [-0.25, -0.2) is 0 Å². The van der Waals surface area contributed by atoms with Gasteiger partial charge in [-0.05, 0) is 62.4 Å². The summed E-state index contributed by atoms with van der Waals surface area (Å²) in [6, 6.07) is 16.7. The van der Waals surface area contributed by atoms with E-state index in [-0.39, 0.29) is 11.1 Å². The molecule has 0 unspecified atom stereocenters. The molecule has 2 amide bonds. The minimum absolute atomic E-state index is 0.117. The number of nitrogens with zero attached hydrogens (tertiary/aromatic N) is 2. The van der Waals surface area contributed by atoms with Crippen molar-refractivity contribution in [3.8, 4) is 12.1 Å². The Morgan fingerprint density at radius 2 is 1.09 bits per heavy atom. The van der Waals surface area contributed by atoms with E-state index in [1.165, 1.54) is 12.2 Å². The van der Waals surface area contributed by atoms with E-state index in [1.807, 2.05) is 12.1 Å². The summed E-state index contributed by atoms with van der Waals surface area (Å²) in [6.07, 6.45) is 2.71. The molecule has 8 heteroatoms. The SMILES string of the molecule is Cc1ccc(/C=C(/C#N)C(=O)Nc2ccc(NC(=O)/C(C#N)=C\c3ccc(C)o3)cc2)o1. The van der Waals surface area contributed by atoms with Gasteiger partial charge in [0.2, 0.25) is 0 Å². The van der Waals surface area contributed by atoms with Gasteiger partial charge in [0.1, 0.15) is 46.3 Å². The molecule has 0 aliphatic heterocycles. The lowest BCUT2D eigenvalue weighted by Gasteiger charge is -2.07. The van der Waals surface area contributed by atoms with E-state index in [2.05, 4.69) is 10.6 Å². The number of hydrogen-bond acceptors (Lipinski definition) is 6. The number of nitriles is 2. The first-order valence-electron chi connectivity index (χ1n) is 9.47. The Bertz CT molecular complexity index is 1190. The van der Waals surface area contributed by atoms with Crippen LogP contribution in [-0.2, 0) is 9.59 Å². The van der Waals surface area contributed by atoms with Gasteiger partial charge in [-0.2, -0.15) is 10.5 Å². The van der Waals surface area contributed by atoms with Crippen LogP contribution in [0.3, 0.4) is 0 Å². The summed E-state index contributed by atoms with van der Waals surface area (Å²) in [5.41, 5.74) is 0.612. The Labute approximate surface area is 184 Å². The van der Waals surface area contributed by atoms with Crippen molar-refractivity contribution in [2.24, 2.45) is 0 Å². The Morgan fingerprint density at radius 3 is 1.38 bits per heavy atom. The molecule has 3 aromatic rings. The Hall–Kier alpha value is -4.82. The van der Waals surface area contributed by atoms with Crippen molar-refractivity contribution in [1.82, 2.24) is 0 Å². The molecule has 0 aliphatic carbocycles. The summed E-state index contributed by atoms with van der Waals surface area (Å²) in [7, 11) is 0. The van der Waals surface area contributed by atoms with E-state index >= 15 is 0 Å². The maximum Gasteiger partial charge on any atom is 0.266 e. The highest BCUT2D eigenvalue weighted by molar-refractivity contribution is 6.10. The molecule has 0 saturated heterocycles. The molecule has 0 spiro atoms. The number of hydrogen-bond donors (Lipinski definition) is 2. The second-order valence-corrected chi connectivity index (χ2v) is 6.72. The summed E-state index contributed by atoms with van der Waals surface area (Å²) < 4.78 is 10.7. The normalized spacial score (nSPS) is 11.4. The maximum absolute atomic E-state index is 12.4. The van der Waals surface area contributed by atoms with Gasteiger partial charge in [0.05, 0.1) is 0 Å². The van der Waals surface area contributed by atoms with Crippen LogP contribution in [0.25, 0.3) is 12.2 Å². The van der Waals surface area contributed by atoms with Gasteiger partial charge in [-0.15, -0.1) is 0 Å². The van der Waals surface area contributed by atoms with Crippen LogP contribution in [0.4, 0.5) is 11.4 Å². The Balaban J connectivity index is 1.65. The Kier molecular flexibility index (Phi) is 6.69. The summed E-state index contributed by atoms with van der Waals surface area (Å²) in [5.74, 6) is 0.945. The van der Waals surface area contributed by atoms with Crippen LogP contribution in [0, 0.1) is 36.5 Å². The van der Waals surface area contributed by atoms with E-state index in [4.69, 9.17) is 8.83 Å². The Morgan fingerprint density at radius 1 is 0.719 bits per heavy atom. The predicted octanol–water partition coefficient (Wildman–Crippen LogP) is 4.58. The molecular weight excluding hydrogens is 408 g/mol. The molecule has 158 valence electrons. The van der Waals surface area contributed by atoms with Crippen LogP contribution in [0.2, 0.25) is 0 Å². The average molecular weight is 426 g/mol. The number of nitrogens with one attached hydrogen (secondary N) is 2. The van der Waals surface area contributed by atoms with Gasteiger partial charge < -0.3 is 19.5 Å². The quantitative estimate of drug-likeness (QED) is 0.438. The molecule has 32 heavy (non-hydrogen) atoms. The lowest BCUT2D eigenvalue weighted by atomic mass is 10.2. The van der Waals surface area contributed by atoms with Crippen LogP contribution < -0.4 is 10.6 Å². The second kappa shape index (κ2) is 9.79. The third-order valence-corrected chi connectivity index (χ3v) is 4.23. The highest BCUT2D eigenvalue weighted by Crippen LogP contribution is 2.18. The molecule has 3 rings (SSSR count). The van der Waals surface area contributed by atoms with E-state index in [1.54, 1.807) is 62.4 Å². The van der Waals surface area contributed by atoms with Crippen LogP contribution in [0.5, 0.6) is 0 Å². The molecule has 0 radical (unpaired) electrons. The molecule has 1 aromatic carbocycles. The number of carbonyl (C=O) groups is 2. The first-order chi connectivity index (χ1) is 15.4. The highest BCUT2D eigenvalue weighted by Gasteiger charge is 2.13. The molecule has 0 bridgehead atoms. The van der Waals surface area contributed by atoms with Gasteiger partial charge in [0.15, 0.2) is 0 Å². The maximum atomic E-state index is 12.4. The van der Waals surface area contributed by atoms with Crippen LogP contribution in [-0.4, -0.2) is 11.8 Å². The van der Waals surface area contributed by atoms with Crippen molar-refractivity contribution >= 4 is 35.3 Å². The summed E-state index contributed by atoms with van der Waals surface area (Å²) in [5, 5.41) is 23.7. The number of anilines is 2. The standard InChI is InChI=1S/C24H18N4O4/c1-15-3-9-21(31-15)11-17(13-25)23(29)27-19-5-7-20(8-6-19)28-24(30)18(14-26)12-22-10-4-16(2)32-22/h3-12H,1-2H3,(H,27,29)(H,28,30)/b17-11-,18-12-. The van der Waals surface area contributed by atoms with Crippen molar-refractivity contribution < 1.29 is 18.4 Å². The highest BCUT2D eigenvalue weighted by atomic mass is 16.3. The van der Waals surface area contributed by atoms with Crippen molar-refractivity contribution in [2.75, 3.05) is 10.6 Å². The number of carbonyl (C=O) groups excluding carboxylic acids is 2. The third-order valence-electron chi connectivity index (χ3n) is 4.23. The average Bonchev–Trinajstić information content (AvgIpc) is 3.38. The summed E-state index contributed by atoms with van der Waals surface area (Å²) >= 11 is 0. The van der Waals surface area contributed by atoms with E-state index in [9.17, 15) is 20.1 Å². The van der Waals surface area contributed by atoms with Crippen molar-refractivity contribution in [1.29, 1.82) is 10.5 Å². The number of furan rings is 2. The fourth-order valence-electron chi connectivity index (χ4n) is 2.68. The molecule has 0 aliphatic rings. The van der Waals surface area contributed by atoms with Gasteiger partial charge in [-0.3, -0.25) is 9.59 Å². The number of benzene rings is 1. The van der Waals surface area contributed by atoms with Gasteiger partial charge in [0.25, 0.3) is 11.8 Å². The lowest BCUT2D eigenvalue weighted by molar-refractivity contribution is -0.113. The molecule has 2 N–H and O–H groups in total. The van der Waals surface area contributed by atoms with Gasteiger partial charge >= 0.3 is 0 Å². The topological polar surface area (TPSA) is 132 Å². The second-order valence-electron chi connectivity index (χ2n) is 6.72. The summed E-state index contributed by atoms with van der Waals surface area (Å²) in [4.78, 5) is 24.7. The zero-order chi connectivity index (χ0) is 23.1. The lowest BCUT2D eigenvalue weighted by Crippen LogP contribution is -2.14. The first kappa shape index (κ1) is 21.9. The smallest absolute Gasteiger partial charge is 0.266 e. The molecule has 0 saturated carbocycles. The van der Waals surface area contributed by atoms with Crippen LogP contribution >= 0.6 is 0 Å². The minimum Gasteiger partial charge on any atom is -0.462 e.